The number of fused-ring (bicyclic) bond motifs is 1. The van der Waals surface area contributed by atoms with Gasteiger partial charge in [-0.25, -0.2) is 0 Å². The summed E-state index contributed by atoms with van der Waals surface area (Å²) in [6, 6.07) is 14.1. The lowest BCUT2D eigenvalue weighted by atomic mass is 10.1. The van der Waals surface area contributed by atoms with Crippen LogP contribution in [0.4, 0.5) is 0 Å². The van der Waals surface area contributed by atoms with Crippen LogP contribution in [0, 0.1) is 0 Å². The number of benzene rings is 2. The fourth-order valence-electron chi connectivity index (χ4n) is 2.72. The van der Waals surface area contributed by atoms with Crippen LogP contribution in [-0.4, -0.2) is 9.97 Å². The zero-order chi connectivity index (χ0) is 19.0. The van der Waals surface area contributed by atoms with E-state index in [1.165, 1.54) is 17.4 Å². The van der Waals surface area contributed by atoms with Gasteiger partial charge in [0, 0.05) is 27.2 Å². The van der Waals surface area contributed by atoms with E-state index in [0.29, 0.717) is 24.8 Å². The molecule has 0 fully saturated rings. The smallest absolute Gasteiger partial charge is 0.266 e. The highest BCUT2D eigenvalue weighted by Crippen LogP contribution is 2.24. The third-order valence-corrected chi connectivity index (χ3v) is 5.62. The Balaban J connectivity index is 1.82. The van der Waals surface area contributed by atoms with Crippen molar-refractivity contribution in [2.45, 2.75) is 0 Å². The highest BCUT2D eigenvalue weighted by molar-refractivity contribution is 7.07. The van der Waals surface area contributed by atoms with E-state index in [9.17, 15) is 9.59 Å². The highest BCUT2D eigenvalue weighted by atomic mass is 35.5. The molecule has 2 N–H and O–H groups in total. The van der Waals surface area contributed by atoms with Crippen molar-refractivity contribution in [1.29, 1.82) is 0 Å². The van der Waals surface area contributed by atoms with Crippen molar-refractivity contribution in [2.24, 2.45) is 0 Å². The Bertz CT molecular complexity index is 1380. The molecular weight excluding hydrogens is 403 g/mol. The monoisotopic (exact) mass is 414 g/mol. The zero-order valence-electron chi connectivity index (χ0n) is 13.8. The first-order chi connectivity index (χ1) is 13.0. The predicted molar refractivity (Wildman–Crippen MR) is 112 cm³/mol. The van der Waals surface area contributed by atoms with Crippen molar-refractivity contribution in [3.8, 4) is 0 Å². The van der Waals surface area contributed by atoms with Gasteiger partial charge in [0.2, 0.25) is 5.56 Å². The van der Waals surface area contributed by atoms with Crippen molar-refractivity contribution in [3.63, 3.8) is 0 Å². The predicted octanol–water partition coefficient (Wildman–Crippen LogP) is 3.24. The molecule has 2 heterocycles. The van der Waals surface area contributed by atoms with Crippen LogP contribution in [0.3, 0.4) is 0 Å². The third kappa shape index (κ3) is 3.76. The SMILES string of the molecule is O=c1ccc2cc(/C=c3\s/c(=C\c4c(Cl)cccc4Cl)[nH]c3=O)ccc2[nH]1. The molecule has 0 unspecified atom stereocenters. The summed E-state index contributed by atoms with van der Waals surface area (Å²) in [7, 11) is 0. The molecule has 0 spiro atoms. The van der Waals surface area contributed by atoms with Crippen LogP contribution in [0.25, 0.3) is 23.1 Å². The zero-order valence-corrected chi connectivity index (χ0v) is 16.1. The van der Waals surface area contributed by atoms with Gasteiger partial charge in [0.25, 0.3) is 5.56 Å². The van der Waals surface area contributed by atoms with Crippen molar-refractivity contribution in [1.82, 2.24) is 9.97 Å². The second-order valence-electron chi connectivity index (χ2n) is 5.88. The molecule has 4 nitrogen and oxygen atoms in total. The summed E-state index contributed by atoms with van der Waals surface area (Å²) in [4.78, 5) is 29.3. The molecule has 4 rings (SSSR count). The molecule has 0 atom stereocenters. The Hall–Kier alpha value is -2.60. The van der Waals surface area contributed by atoms with E-state index in [2.05, 4.69) is 9.97 Å². The molecule has 2 aromatic carbocycles. The normalized spacial score (nSPS) is 12.8. The summed E-state index contributed by atoms with van der Waals surface area (Å²) in [5.41, 5.74) is 1.95. The summed E-state index contributed by atoms with van der Waals surface area (Å²) in [6.45, 7) is 0. The van der Waals surface area contributed by atoms with Crippen molar-refractivity contribution >= 4 is 57.6 Å². The number of aromatic amines is 2. The molecule has 0 aliphatic heterocycles. The van der Waals surface area contributed by atoms with E-state index in [0.717, 1.165) is 16.5 Å². The second-order valence-corrected chi connectivity index (χ2v) is 7.78. The quantitative estimate of drug-likeness (QED) is 0.528. The van der Waals surface area contributed by atoms with Gasteiger partial charge in [-0.1, -0.05) is 35.3 Å². The van der Waals surface area contributed by atoms with Gasteiger partial charge < -0.3 is 9.97 Å². The lowest BCUT2D eigenvalue weighted by molar-refractivity contribution is 1.25. The molecule has 0 aliphatic carbocycles. The number of thiazole rings is 1. The summed E-state index contributed by atoms with van der Waals surface area (Å²) in [6.07, 6.45) is 3.57. The first kappa shape index (κ1) is 17.8. The lowest BCUT2D eigenvalue weighted by Gasteiger charge is -1.99. The van der Waals surface area contributed by atoms with Crippen LogP contribution in [0.15, 0.2) is 58.1 Å². The molecule has 27 heavy (non-hydrogen) atoms. The molecule has 0 aliphatic rings. The molecule has 7 heteroatoms. The van der Waals surface area contributed by atoms with E-state index in [-0.39, 0.29) is 11.1 Å². The summed E-state index contributed by atoms with van der Waals surface area (Å²) >= 11 is 13.7. The van der Waals surface area contributed by atoms with Crippen molar-refractivity contribution in [3.05, 3.63) is 99.6 Å². The van der Waals surface area contributed by atoms with Gasteiger partial charge in [-0.15, -0.1) is 11.3 Å². The molecule has 0 saturated heterocycles. The van der Waals surface area contributed by atoms with Gasteiger partial charge in [0.15, 0.2) is 0 Å². The van der Waals surface area contributed by atoms with Crippen molar-refractivity contribution < 1.29 is 0 Å². The maximum Gasteiger partial charge on any atom is 0.266 e. The van der Waals surface area contributed by atoms with Gasteiger partial charge in [-0.3, -0.25) is 9.59 Å². The van der Waals surface area contributed by atoms with Crippen LogP contribution in [0.1, 0.15) is 11.1 Å². The Labute approximate surface area is 167 Å². The van der Waals surface area contributed by atoms with Crippen LogP contribution >= 0.6 is 34.5 Å². The van der Waals surface area contributed by atoms with Crippen LogP contribution in [0.2, 0.25) is 10.0 Å². The van der Waals surface area contributed by atoms with E-state index in [1.54, 1.807) is 36.4 Å². The average Bonchev–Trinajstić information content (AvgIpc) is 2.98. The molecular formula is C20H12Cl2N2O2S. The Morgan fingerprint density at radius 2 is 1.67 bits per heavy atom. The highest BCUT2D eigenvalue weighted by Gasteiger charge is 2.03. The minimum atomic E-state index is -0.184. The third-order valence-electron chi connectivity index (χ3n) is 4.00. The number of rotatable bonds is 2. The van der Waals surface area contributed by atoms with Crippen LogP contribution in [-0.2, 0) is 0 Å². The molecule has 0 bridgehead atoms. The largest absolute Gasteiger partial charge is 0.322 e. The van der Waals surface area contributed by atoms with Gasteiger partial charge in [-0.05, 0) is 53.4 Å². The van der Waals surface area contributed by atoms with E-state index in [4.69, 9.17) is 23.2 Å². The first-order valence-corrected chi connectivity index (χ1v) is 9.56. The molecule has 0 saturated carbocycles. The Kier molecular flexibility index (Phi) is 4.74. The number of hydrogen-bond donors (Lipinski definition) is 2. The number of hydrogen-bond acceptors (Lipinski definition) is 3. The van der Waals surface area contributed by atoms with E-state index >= 15 is 0 Å². The maximum atomic E-state index is 12.3. The number of halogens is 2. The number of pyridine rings is 1. The van der Waals surface area contributed by atoms with Crippen LogP contribution in [0.5, 0.6) is 0 Å². The second kappa shape index (κ2) is 7.19. The van der Waals surface area contributed by atoms with Crippen molar-refractivity contribution in [2.75, 3.05) is 0 Å². The molecule has 0 amide bonds. The fraction of sp³-hybridized carbons (Fsp3) is 0. The molecule has 134 valence electrons. The minimum absolute atomic E-state index is 0.146. The van der Waals surface area contributed by atoms with Gasteiger partial charge in [0.1, 0.15) is 0 Å². The Morgan fingerprint density at radius 3 is 2.44 bits per heavy atom. The summed E-state index contributed by atoms with van der Waals surface area (Å²) < 4.78 is 1.22. The molecule has 4 aromatic rings. The average molecular weight is 415 g/mol. The fourth-order valence-corrected chi connectivity index (χ4v) is 4.12. The standard InChI is InChI=1S/C20H12Cl2N2O2S/c21-14-2-1-3-15(22)13(14)10-19-24-20(26)17(27-19)9-11-4-6-16-12(8-11)5-7-18(25)23-16/h1-10H,(H,23,25)(H,24,26)/b17-9-,19-10-. The van der Waals surface area contributed by atoms with E-state index < -0.39 is 0 Å². The minimum Gasteiger partial charge on any atom is -0.322 e. The first-order valence-electron chi connectivity index (χ1n) is 7.99. The van der Waals surface area contributed by atoms with Gasteiger partial charge in [0.05, 0.1) is 9.20 Å². The topological polar surface area (TPSA) is 65.7 Å². The Morgan fingerprint density at radius 1 is 0.889 bits per heavy atom. The van der Waals surface area contributed by atoms with Crippen LogP contribution < -0.4 is 20.3 Å². The molecule has 2 aromatic heterocycles. The van der Waals surface area contributed by atoms with E-state index in [1.807, 2.05) is 18.2 Å². The number of H-pyrrole nitrogens is 2. The van der Waals surface area contributed by atoms with Gasteiger partial charge in [-0.2, -0.15) is 0 Å². The summed E-state index contributed by atoms with van der Waals surface area (Å²) in [5.74, 6) is 0. The summed E-state index contributed by atoms with van der Waals surface area (Å²) in [5, 5.41) is 1.93. The number of nitrogens with one attached hydrogen (secondary N) is 2. The maximum absolute atomic E-state index is 12.3. The lowest BCUT2D eigenvalue weighted by Crippen LogP contribution is -2.19. The number of aromatic nitrogens is 2. The van der Waals surface area contributed by atoms with Gasteiger partial charge >= 0.3 is 0 Å². The molecule has 0 radical (unpaired) electrons.